The van der Waals surface area contributed by atoms with Crippen LogP contribution in [0.15, 0.2) is 12.1 Å². The normalized spacial score (nSPS) is 22.9. The van der Waals surface area contributed by atoms with Crippen LogP contribution in [-0.2, 0) is 0 Å². The lowest BCUT2D eigenvalue weighted by molar-refractivity contribution is -0.385. The van der Waals surface area contributed by atoms with Gasteiger partial charge in [-0.1, -0.05) is 6.92 Å². The molecule has 1 aliphatic rings. The third-order valence-electron chi connectivity index (χ3n) is 2.68. The number of halogens is 2. The van der Waals surface area contributed by atoms with E-state index in [0.29, 0.717) is 5.92 Å². The molecular weight excluding hydrogens is 218 g/mol. The molecular formula is C10H10F2N2O2. The molecule has 16 heavy (non-hydrogen) atoms. The lowest BCUT2D eigenvalue weighted by Gasteiger charge is -2.07. The summed E-state index contributed by atoms with van der Waals surface area (Å²) in [5.74, 6) is -1.47. The first-order chi connectivity index (χ1) is 7.49. The largest absolute Gasteiger partial charge is 0.377 e. The van der Waals surface area contributed by atoms with Crippen LogP contribution in [0.2, 0.25) is 0 Å². The first kappa shape index (κ1) is 10.8. The predicted molar refractivity (Wildman–Crippen MR) is 54.2 cm³/mol. The van der Waals surface area contributed by atoms with Crippen LogP contribution in [0, 0.1) is 27.7 Å². The Hall–Kier alpha value is -1.72. The average molecular weight is 228 g/mol. The molecule has 0 spiro atoms. The zero-order valence-corrected chi connectivity index (χ0v) is 8.54. The van der Waals surface area contributed by atoms with Gasteiger partial charge in [0.25, 0.3) is 5.69 Å². The molecule has 0 amide bonds. The molecule has 0 aromatic heterocycles. The molecule has 0 aliphatic heterocycles. The maximum absolute atomic E-state index is 13.4. The fourth-order valence-electron chi connectivity index (χ4n) is 1.51. The van der Waals surface area contributed by atoms with Crippen LogP contribution in [0.1, 0.15) is 13.3 Å². The Morgan fingerprint density at radius 3 is 2.31 bits per heavy atom. The molecule has 1 aliphatic carbocycles. The number of nitro groups is 1. The monoisotopic (exact) mass is 228 g/mol. The number of non-ortho nitro benzene ring substituents is 1. The van der Waals surface area contributed by atoms with E-state index in [1.54, 1.807) is 0 Å². The molecule has 1 fully saturated rings. The highest BCUT2D eigenvalue weighted by Crippen LogP contribution is 2.35. The summed E-state index contributed by atoms with van der Waals surface area (Å²) in [5.41, 5.74) is -0.857. The summed E-state index contributed by atoms with van der Waals surface area (Å²) >= 11 is 0. The van der Waals surface area contributed by atoms with E-state index in [2.05, 4.69) is 5.32 Å². The Balaban J connectivity index is 2.28. The minimum Gasteiger partial charge on any atom is -0.377 e. The SMILES string of the molecule is CC1CC1Nc1c(F)cc([N+](=O)[O-])cc1F. The first-order valence-corrected chi connectivity index (χ1v) is 4.89. The van der Waals surface area contributed by atoms with Crippen LogP contribution >= 0.6 is 0 Å². The summed E-state index contributed by atoms with van der Waals surface area (Å²) in [5, 5.41) is 13.1. The van der Waals surface area contributed by atoms with Crippen molar-refractivity contribution in [2.75, 3.05) is 5.32 Å². The second-order valence-corrected chi connectivity index (χ2v) is 4.01. The third-order valence-corrected chi connectivity index (χ3v) is 2.68. The zero-order chi connectivity index (χ0) is 11.9. The van der Waals surface area contributed by atoms with Crippen molar-refractivity contribution >= 4 is 11.4 Å². The minimum absolute atomic E-state index is 0.0606. The molecule has 0 bridgehead atoms. The number of rotatable bonds is 3. The maximum Gasteiger partial charge on any atom is 0.275 e. The molecule has 0 saturated heterocycles. The molecule has 0 heterocycles. The Labute approximate surface area is 90.4 Å². The molecule has 4 nitrogen and oxygen atoms in total. The van der Waals surface area contributed by atoms with Gasteiger partial charge < -0.3 is 5.32 Å². The van der Waals surface area contributed by atoms with Crippen LogP contribution < -0.4 is 5.32 Å². The van der Waals surface area contributed by atoms with Gasteiger partial charge in [0.05, 0.1) is 17.1 Å². The third kappa shape index (κ3) is 1.95. The van der Waals surface area contributed by atoms with Gasteiger partial charge in [-0.15, -0.1) is 0 Å². The summed E-state index contributed by atoms with van der Waals surface area (Å²) in [6.07, 6.45) is 0.857. The van der Waals surface area contributed by atoms with Gasteiger partial charge in [0.15, 0.2) is 11.6 Å². The van der Waals surface area contributed by atoms with Crippen LogP contribution in [0.4, 0.5) is 20.2 Å². The number of nitro benzene ring substituents is 1. The summed E-state index contributed by atoms with van der Waals surface area (Å²) < 4.78 is 26.8. The van der Waals surface area contributed by atoms with Crippen molar-refractivity contribution in [3.63, 3.8) is 0 Å². The number of nitrogens with zero attached hydrogens (tertiary/aromatic N) is 1. The topological polar surface area (TPSA) is 55.2 Å². The Morgan fingerprint density at radius 2 is 1.94 bits per heavy atom. The number of hydrogen-bond donors (Lipinski definition) is 1. The van der Waals surface area contributed by atoms with E-state index in [1.807, 2.05) is 6.92 Å². The van der Waals surface area contributed by atoms with E-state index in [1.165, 1.54) is 0 Å². The van der Waals surface area contributed by atoms with Crippen molar-refractivity contribution in [2.24, 2.45) is 5.92 Å². The quantitative estimate of drug-likeness (QED) is 0.639. The van der Waals surface area contributed by atoms with Crippen molar-refractivity contribution < 1.29 is 13.7 Å². The van der Waals surface area contributed by atoms with Crippen LogP contribution in [0.3, 0.4) is 0 Å². The van der Waals surface area contributed by atoms with Crippen LogP contribution in [-0.4, -0.2) is 11.0 Å². The maximum atomic E-state index is 13.4. The standard InChI is InChI=1S/C10H10F2N2O2/c1-5-2-9(5)13-10-7(11)3-6(14(15)16)4-8(10)12/h3-5,9,13H,2H2,1H3. The lowest BCUT2D eigenvalue weighted by Crippen LogP contribution is -2.08. The van der Waals surface area contributed by atoms with Crippen molar-refractivity contribution in [3.05, 3.63) is 33.9 Å². The fourth-order valence-corrected chi connectivity index (χ4v) is 1.51. The van der Waals surface area contributed by atoms with Gasteiger partial charge in [0, 0.05) is 6.04 Å². The zero-order valence-electron chi connectivity index (χ0n) is 8.54. The molecule has 2 rings (SSSR count). The molecule has 0 radical (unpaired) electrons. The van der Waals surface area contributed by atoms with Crippen LogP contribution in [0.5, 0.6) is 0 Å². The summed E-state index contributed by atoms with van der Waals surface area (Å²) in [4.78, 5) is 9.53. The fraction of sp³-hybridized carbons (Fsp3) is 0.400. The molecule has 1 N–H and O–H groups in total. The highest BCUT2D eigenvalue weighted by molar-refractivity contribution is 5.53. The number of benzene rings is 1. The molecule has 2 unspecified atom stereocenters. The number of nitrogens with one attached hydrogen (secondary N) is 1. The second-order valence-electron chi connectivity index (χ2n) is 4.01. The van der Waals surface area contributed by atoms with Crippen molar-refractivity contribution in [2.45, 2.75) is 19.4 Å². The smallest absolute Gasteiger partial charge is 0.275 e. The van der Waals surface area contributed by atoms with Gasteiger partial charge in [-0.3, -0.25) is 10.1 Å². The number of hydrogen-bond acceptors (Lipinski definition) is 3. The molecule has 86 valence electrons. The van der Waals surface area contributed by atoms with Gasteiger partial charge in [-0.05, 0) is 12.3 Å². The summed E-state index contributed by atoms with van der Waals surface area (Å²) in [7, 11) is 0. The minimum atomic E-state index is -0.925. The Bertz CT molecular complexity index is 427. The van der Waals surface area contributed by atoms with E-state index < -0.39 is 22.2 Å². The summed E-state index contributed by atoms with van der Waals surface area (Å²) in [6, 6.07) is 1.50. The number of anilines is 1. The predicted octanol–water partition coefficient (Wildman–Crippen LogP) is 2.69. The van der Waals surface area contributed by atoms with Crippen molar-refractivity contribution in [3.8, 4) is 0 Å². The van der Waals surface area contributed by atoms with Gasteiger partial charge in [0.1, 0.15) is 5.69 Å². The van der Waals surface area contributed by atoms with Gasteiger partial charge in [-0.2, -0.15) is 0 Å². The van der Waals surface area contributed by atoms with Crippen LogP contribution in [0.25, 0.3) is 0 Å². The Morgan fingerprint density at radius 1 is 1.44 bits per heavy atom. The van der Waals surface area contributed by atoms with Gasteiger partial charge in [0.2, 0.25) is 0 Å². The average Bonchev–Trinajstić information content (AvgIpc) is 2.87. The first-order valence-electron chi connectivity index (χ1n) is 4.89. The molecule has 1 saturated carbocycles. The highest BCUT2D eigenvalue weighted by atomic mass is 19.1. The van der Waals surface area contributed by atoms with Crippen molar-refractivity contribution in [1.82, 2.24) is 0 Å². The molecule has 6 heteroatoms. The van der Waals surface area contributed by atoms with E-state index in [0.717, 1.165) is 18.6 Å². The lowest BCUT2D eigenvalue weighted by atomic mass is 10.2. The van der Waals surface area contributed by atoms with E-state index in [9.17, 15) is 18.9 Å². The van der Waals surface area contributed by atoms with Crippen molar-refractivity contribution in [1.29, 1.82) is 0 Å². The summed E-state index contributed by atoms with van der Waals surface area (Å²) in [6.45, 7) is 1.96. The molecule has 1 aromatic rings. The molecule has 1 aromatic carbocycles. The molecule has 2 atom stereocenters. The Kier molecular flexibility index (Phi) is 2.49. The second kappa shape index (κ2) is 3.70. The van der Waals surface area contributed by atoms with E-state index in [-0.39, 0.29) is 11.7 Å². The van der Waals surface area contributed by atoms with E-state index >= 15 is 0 Å². The highest BCUT2D eigenvalue weighted by Gasteiger charge is 2.34. The van der Waals surface area contributed by atoms with Gasteiger partial charge in [-0.25, -0.2) is 8.78 Å². The van der Waals surface area contributed by atoms with E-state index in [4.69, 9.17) is 0 Å². The van der Waals surface area contributed by atoms with Gasteiger partial charge >= 0.3 is 0 Å².